The van der Waals surface area contributed by atoms with Gasteiger partial charge in [0.25, 0.3) is 0 Å². The number of anilines is 2. The van der Waals surface area contributed by atoms with E-state index in [0.717, 1.165) is 17.2 Å². The lowest BCUT2D eigenvalue weighted by atomic mass is 10.2. The van der Waals surface area contributed by atoms with Gasteiger partial charge in [0.05, 0.1) is 11.7 Å². The minimum atomic E-state index is -0.813. The quantitative estimate of drug-likeness (QED) is 0.749. The predicted octanol–water partition coefficient (Wildman–Crippen LogP) is 0.670. The van der Waals surface area contributed by atoms with Crippen LogP contribution in [-0.2, 0) is 15.6 Å². The van der Waals surface area contributed by atoms with Crippen LogP contribution in [0.2, 0.25) is 0 Å². The Morgan fingerprint density at radius 2 is 2.33 bits per heavy atom. The second kappa shape index (κ2) is 4.35. The van der Waals surface area contributed by atoms with Crippen molar-refractivity contribution >= 4 is 28.2 Å². The number of hydrogen-bond acceptors (Lipinski definition) is 4. The second-order valence-electron chi connectivity index (χ2n) is 4.73. The van der Waals surface area contributed by atoms with Crippen molar-refractivity contribution in [1.29, 1.82) is 0 Å². The van der Waals surface area contributed by atoms with Gasteiger partial charge < -0.3 is 10.2 Å². The van der Waals surface area contributed by atoms with E-state index in [1.54, 1.807) is 0 Å². The number of nitrogens with zero attached hydrogens (tertiary/aromatic N) is 2. The Morgan fingerprint density at radius 1 is 1.50 bits per heavy atom. The van der Waals surface area contributed by atoms with Crippen LogP contribution in [0.3, 0.4) is 0 Å². The number of fused-ring (bicyclic) bond motifs is 3. The van der Waals surface area contributed by atoms with Crippen molar-refractivity contribution in [2.45, 2.75) is 19.4 Å². The van der Waals surface area contributed by atoms with E-state index < -0.39 is 10.8 Å². The molecule has 0 aliphatic carbocycles. The van der Waals surface area contributed by atoms with Crippen LogP contribution < -0.4 is 10.2 Å². The average molecular weight is 265 g/mol. The molecule has 5 nitrogen and oxygen atoms in total. The average Bonchev–Trinajstić information content (AvgIpc) is 2.44. The first-order valence-electron chi connectivity index (χ1n) is 6.02. The van der Waals surface area contributed by atoms with Crippen molar-refractivity contribution < 1.29 is 9.00 Å². The molecule has 2 aliphatic heterocycles. The molecule has 0 saturated carbocycles. The van der Waals surface area contributed by atoms with E-state index in [1.807, 2.05) is 19.1 Å². The molecule has 3 heterocycles. The fourth-order valence-electron chi connectivity index (χ4n) is 2.49. The van der Waals surface area contributed by atoms with Gasteiger partial charge in [-0.2, -0.15) is 0 Å². The van der Waals surface area contributed by atoms with Crippen molar-refractivity contribution in [3.63, 3.8) is 0 Å². The Hall–Kier alpha value is -1.43. The second-order valence-corrected chi connectivity index (χ2v) is 6.36. The monoisotopic (exact) mass is 265 g/mol. The summed E-state index contributed by atoms with van der Waals surface area (Å²) in [7, 11) is -0.813. The minimum Gasteiger partial charge on any atom is -0.350 e. The maximum Gasteiger partial charge on any atom is 0.226 e. The lowest BCUT2D eigenvalue weighted by Crippen LogP contribution is -2.47. The molecule has 1 amide bonds. The number of carbonyl (C=O) groups excluding carboxylic acids is 1. The zero-order chi connectivity index (χ0) is 12.7. The van der Waals surface area contributed by atoms with Gasteiger partial charge in [-0.3, -0.25) is 9.00 Å². The molecule has 0 spiro atoms. The Kier molecular flexibility index (Phi) is 2.81. The number of aryl methyl sites for hydroxylation is 1. The van der Waals surface area contributed by atoms with Crippen LogP contribution in [-0.4, -0.2) is 39.2 Å². The molecular formula is C12H15N3O2S. The molecule has 2 unspecified atom stereocenters. The SMILES string of the molecule is Cc1ccc2c(n1)N1CCS(=O)CC1CC(=O)N2. The van der Waals surface area contributed by atoms with Crippen LogP contribution in [0.15, 0.2) is 12.1 Å². The molecule has 96 valence electrons. The molecule has 1 N–H and O–H groups in total. The highest BCUT2D eigenvalue weighted by molar-refractivity contribution is 7.85. The van der Waals surface area contributed by atoms with Gasteiger partial charge in [0, 0.05) is 41.0 Å². The lowest BCUT2D eigenvalue weighted by Gasteiger charge is -2.34. The van der Waals surface area contributed by atoms with E-state index in [4.69, 9.17) is 0 Å². The van der Waals surface area contributed by atoms with Crippen LogP contribution in [0.4, 0.5) is 11.5 Å². The summed E-state index contributed by atoms with van der Waals surface area (Å²) in [6.45, 7) is 2.64. The maximum atomic E-state index is 11.8. The molecule has 1 aromatic rings. The molecule has 1 fully saturated rings. The zero-order valence-electron chi connectivity index (χ0n) is 10.2. The Balaban J connectivity index is 2.06. The van der Waals surface area contributed by atoms with Crippen LogP contribution in [0.25, 0.3) is 0 Å². The van der Waals surface area contributed by atoms with Gasteiger partial charge in [0.2, 0.25) is 5.91 Å². The van der Waals surface area contributed by atoms with Gasteiger partial charge >= 0.3 is 0 Å². The molecule has 3 rings (SSSR count). The van der Waals surface area contributed by atoms with E-state index in [-0.39, 0.29) is 11.9 Å². The topological polar surface area (TPSA) is 62.3 Å². The van der Waals surface area contributed by atoms with Crippen LogP contribution in [0.5, 0.6) is 0 Å². The highest BCUT2D eigenvalue weighted by atomic mass is 32.2. The Morgan fingerprint density at radius 3 is 3.17 bits per heavy atom. The van der Waals surface area contributed by atoms with Gasteiger partial charge in [-0.25, -0.2) is 4.98 Å². The van der Waals surface area contributed by atoms with Crippen molar-refractivity contribution in [2.24, 2.45) is 0 Å². The number of nitrogens with one attached hydrogen (secondary N) is 1. The highest BCUT2D eigenvalue weighted by Crippen LogP contribution is 2.31. The van der Waals surface area contributed by atoms with Crippen molar-refractivity contribution in [3.8, 4) is 0 Å². The number of hydrogen-bond donors (Lipinski definition) is 1. The maximum absolute atomic E-state index is 11.8. The molecule has 1 saturated heterocycles. The summed E-state index contributed by atoms with van der Waals surface area (Å²) in [5.41, 5.74) is 1.69. The standard InChI is InChI=1S/C12H15N3O2S/c1-8-2-3-10-12(13-8)15-4-5-18(17)7-9(15)6-11(16)14-10/h2-3,9H,4-7H2,1H3,(H,14,16). The van der Waals surface area contributed by atoms with Gasteiger partial charge in [-0.15, -0.1) is 0 Å². The molecule has 2 atom stereocenters. The Labute approximate surface area is 108 Å². The number of carbonyl (C=O) groups is 1. The normalized spacial score (nSPS) is 26.9. The molecule has 0 bridgehead atoms. The Bertz CT molecular complexity index is 532. The summed E-state index contributed by atoms with van der Waals surface area (Å²) in [4.78, 5) is 18.5. The first-order valence-corrected chi connectivity index (χ1v) is 7.51. The fraction of sp³-hybridized carbons (Fsp3) is 0.500. The predicted molar refractivity (Wildman–Crippen MR) is 71.2 cm³/mol. The summed E-state index contributed by atoms with van der Waals surface area (Å²) in [6.07, 6.45) is 0.390. The van der Waals surface area contributed by atoms with E-state index in [1.165, 1.54) is 0 Å². The van der Waals surface area contributed by atoms with Gasteiger partial charge in [0.1, 0.15) is 0 Å². The number of amides is 1. The third-order valence-electron chi connectivity index (χ3n) is 3.36. The molecular weight excluding hydrogens is 250 g/mol. The summed E-state index contributed by atoms with van der Waals surface area (Å²) < 4.78 is 11.6. The van der Waals surface area contributed by atoms with Crippen LogP contribution in [0.1, 0.15) is 12.1 Å². The third-order valence-corrected chi connectivity index (χ3v) is 4.75. The van der Waals surface area contributed by atoms with Gasteiger partial charge in [0.15, 0.2) is 5.82 Å². The molecule has 0 aromatic carbocycles. The number of pyridine rings is 1. The van der Waals surface area contributed by atoms with Crippen LogP contribution >= 0.6 is 0 Å². The first-order chi connectivity index (χ1) is 8.63. The highest BCUT2D eigenvalue weighted by Gasteiger charge is 2.33. The molecule has 0 radical (unpaired) electrons. The van der Waals surface area contributed by atoms with E-state index in [0.29, 0.717) is 24.5 Å². The summed E-state index contributed by atoms with van der Waals surface area (Å²) >= 11 is 0. The molecule has 18 heavy (non-hydrogen) atoms. The zero-order valence-corrected chi connectivity index (χ0v) is 11.0. The van der Waals surface area contributed by atoms with E-state index >= 15 is 0 Å². The van der Waals surface area contributed by atoms with Gasteiger partial charge in [-0.05, 0) is 19.1 Å². The first kappa shape index (κ1) is 11.6. The van der Waals surface area contributed by atoms with E-state index in [2.05, 4.69) is 15.2 Å². The number of rotatable bonds is 0. The van der Waals surface area contributed by atoms with Crippen molar-refractivity contribution in [1.82, 2.24) is 4.98 Å². The fourth-order valence-corrected chi connectivity index (χ4v) is 3.79. The number of aromatic nitrogens is 1. The van der Waals surface area contributed by atoms with Gasteiger partial charge in [-0.1, -0.05) is 0 Å². The van der Waals surface area contributed by atoms with Crippen LogP contribution in [0, 0.1) is 6.92 Å². The van der Waals surface area contributed by atoms with Crippen molar-refractivity contribution in [3.05, 3.63) is 17.8 Å². The third kappa shape index (κ3) is 2.01. The largest absolute Gasteiger partial charge is 0.350 e. The lowest BCUT2D eigenvalue weighted by molar-refractivity contribution is -0.116. The summed E-state index contributed by atoms with van der Waals surface area (Å²) in [5, 5.41) is 2.88. The smallest absolute Gasteiger partial charge is 0.226 e. The molecule has 6 heteroatoms. The molecule has 1 aromatic heterocycles. The summed E-state index contributed by atoms with van der Waals surface area (Å²) in [5.74, 6) is 2.01. The summed E-state index contributed by atoms with van der Waals surface area (Å²) in [6, 6.07) is 3.79. The molecule has 2 aliphatic rings. The van der Waals surface area contributed by atoms with Crippen molar-refractivity contribution in [2.75, 3.05) is 28.3 Å². The van der Waals surface area contributed by atoms with E-state index in [9.17, 15) is 9.00 Å². The minimum absolute atomic E-state index is 0.00938.